The van der Waals surface area contributed by atoms with E-state index in [0.29, 0.717) is 18.1 Å². The summed E-state index contributed by atoms with van der Waals surface area (Å²) in [6.07, 6.45) is -0.620. The van der Waals surface area contributed by atoms with Gasteiger partial charge in [-0.05, 0) is 29.2 Å². The van der Waals surface area contributed by atoms with E-state index in [-0.39, 0.29) is 31.6 Å². The Morgan fingerprint density at radius 3 is 2.46 bits per heavy atom. The Kier molecular flexibility index (Phi) is 6.46. The quantitative estimate of drug-likeness (QED) is 0.656. The molecule has 0 spiro atoms. The van der Waals surface area contributed by atoms with Gasteiger partial charge in [0.1, 0.15) is 12.6 Å². The lowest BCUT2D eigenvalue weighted by molar-refractivity contribution is -0.154. The minimum atomic E-state index is -1.07. The highest BCUT2D eigenvalue weighted by Crippen LogP contribution is 2.44. The number of ether oxygens (including phenoxy) is 2. The van der Waals surface area contributed by atoms with Gasteiger partial charge in [0.2, 0.25) is 5.91 Å². The highest BCUT2D eigenvalue weighted by atomic mass is 32.2. The molecule has 2 saturated heterocycles. The predicted molar refractivity (Wildman–Crippen MR) is 131 cm³/mol. The lowest BCUT2D eigenvalue weighted by Gasteiger charge is -2.39. The molecule has 3 unspecified atom stereocenters. The van der Waals surface area contributed by atoms with Gasteiger partial charge in [-0.25, -0.2) is 9.59 Å². The average Bonchev–Trinajstić information content (AvgIpc) is 3.40. The lowest BCUT2D eigenvalue weighted by Crippen LogP contribution is -2.59. The molecular weight excluding hydrogens is 468 g/mol. The van der Waals surface area contributed by atoms with Gasteiger partial charge in [-0.15, -0.1) is 0 Å². The number of fused-ring (bicyclic) bond motifs is 3. The Labute approximate surface area is 208 Å². The van der Waals surface area contributed by atoms with Crippen LogP contribution in [-0.2, 0) is 19.1 Å². The summed E-state index contributed by atoms with van der Waals surface area (Å²) in [5, 5.41) is 12.4. The Balaban J connectivity index is 1.26. The summed E-state index contributed by atoms with van der Waals surface area (Å²) < 4.78 is 11.2. The minimum absolute atomic E-state index is 0.0665. The van der Waals surface area contributed by atoms with Gasteiger partial charge in [0.25, 0.3) is 0 Å². The van der Waals surface area contributed by atoms with Gasteiger partial charge in [-0.1, -0.05) is 48.5 Å². The maximum Gasteiger partial charge on any atom is 0.407 e. The highest BCUT2D eigenvalue weighted by Gasteiger charge is 2.51. The molecule has 0 radical (unpaired) electrons. The molecule has 2 N–H and O–H groups in total. The van der Waals surface area contributed by atoms with E-state index in [1.807, 2.05) is 24.3 Å². The van der Waals surface area contributed by atoms with Crippen molar-refractivity contribution in [3.63, 3.8) is 0 Å². The molecule has 9 heteroatoms. The molecule has 2 fully saturated rings. The van der Waals surface area contributed by atoms with Crippen LogP contribution < -0.4 is 5.32 Å². The summed E-state index contributed by atoms with van der Waals surface area (Å²) in [6, 6.07) is 14.7. The number of thioether (sulfide) groups is 1. The Morgan fingerprint density at radius 1 is 1.14 bits per heavy atom. The number of carbonyl (C=O) groups is 3. The molecule has 2 heterocycles. The van der Waals surface area contributed by atoms with Crippen LogP contribution in [0.2, 0.25) is 0 Å². The third kappa shape index (κ3) is 4.27. The first-order valence-corrected chi connectivity index (χ1v) is 12.9. The van der Waals surface area contributed by atoms with E-state index in [1.165, 1.54) is 16.7 Å². The van der Waals surface area contributed by atoms with E-state index in [9.17, 15) is 19.5 Å². The van der Waals surface area contributed by atoms with Crippen molar-refractivity contribution in [3.05, 3.63) is 59.7 Å². The van der Waals surface area contributed by atoms with Crippen LogP contribution >= 0.6 is 11.8 Å². The molecule has 0 saturated carbocycles. The molecule has 2 amide bonds. The topological polar surface area (TPSA) is 105 Å². The monoisotopic (exact) mass is 496 g/mol. The largest absolute Gasteiger partial charge is 0.480 e. The van der Waals surface area contributed by atoms with E-state index in [0.717, 1.165) is 22.3 Å². The van der Waals surface area contributed by atoms with Crippen LogP contribution in [0.4, 0.5) is 4.79 Å². The van der Waals surface area contributed by atoms with E-state index in [4.69, 9.17) is 9.47 Å². The van der Waals surface area contributed by atoms with Gasteiger partial charge in [-0.3, -0.25) is 4.79 Å². The molecule has 2 aromatic carbocycles. The summed E-state index contributed by atoms with van der Waals surface area (Å²) >= 11 is 1.52. The molecule has 2 aromatic rings. The minimum Gasteiger partial charge on any atom is -0.480 e. The van der Waals surface area contributed by atoms with Crippen molar-refractivity contribution in [3.8, 4) is 11.1 Å². The number of hydrogen-bond acceptors (Lipinski definition) is 6. The van der Waals surface area contributed by atoms with Crippen LogP contribution in [0.25, 0.3) is 11.1 Å². The molecule has 3 aliphatic rings. The number of nitrogens with zero attached hydrogens (tertiary/aromatic N) is 1. The van der Waals surface area contributed by atoms with Gasteiger partial charge < -0.3 is 24.8 Å². The molecule has 0 aromatic heterocycles. The number of carboxylic acids is 1. The van der Waals surface area contributed by atoms with E-state index < -0.39 is 29.6 Å². The van der Waals surface area contributed by atoms with Crippen molar-refractivity contribution in [1.82, 2.24) is 10.2 Å². The SMILES string of the molecule is CC1(C(=O)N2CCSCC2C(=O)O)COCC1NC(=O)OCC1c2ccccc2-c2ccccc21. The maximum absolute atomic E-state index is 13.5. The second-order valence-electron chi connectivity index (χ2n) is 9.38. The molecule has 184 valence electrons. The van der Waals surface area contributed by atoms with E-state index in [2.05, 4.69) is 29.6 Å². The first kappa shape index (κ1) is 23.7. The van der Waals surface area contributed by atoms with Gasteiger partial charge in [0.15, 0.2) is 0 Å². The third-order valence-electron chi connectivity index (χ3n) is 7.25. The van der Waals surface area contributed by atoms with Gasteiger partial charge in [-0.2, -0.15) is 11.8 Å². The summed E-state index contributed by atoms with van der Waals surface area (Å²) in [6.45, 7) is 2.51. The molecule has 1 aliphatic carbocycles. The maximum atomic E-state index is 13.5. The number of rotatable bonds is 5. The summed E-state index contributed by atoms with van der Waals surface area (Å²) in [7, 11) is 0. The Hall–Kier alpha value is -3.04. The second kappa shape index (κ2) is 9.54. The van der Waals surface area contributed by atoms with E-state index >= 15 is 0 Å². The lowest BCUT2D eigenvalue weighted by atomic mass is 9.83. The number of hydrogen-bond donors (Lipinski definition) is 2. The molecule has 5 rings (SSSR count). The van der Waals surface area contributed by atoms with Gasteiger partial charge >= 0.3 is 12.1 Å². The molecular formula is C26H28N2O6S. The molecule has 35 heavy (non-hydrogen) atoms. The number of nitrogens with one attached hydrogen (secondary N) is 1. The zero-order chi connectivity index (χ0) is 24.6. The van der Waals surface area contributed by atoms with Crippen molar-refractivity contribution in [1.29, 1.82) is 0 Å². The predicted octanol–water partition coefficient (Wildman–Crippen LogP) is 2.96. The highest BCUT2D eigenvalue weighted by molar-refractivity contribution is 7.99. The first-order chi connectivity index (χ1) is 16.9. The zero-order valence-corrected chi connectivity index (χ0v) is 20.3. The van der Waals surface area contributed by atoms with Gasteiger partial charge in [0.05, 0.1) is 24.7 Å². The van der Waals surface area contributed by atoms with Crippen LogP contribution in [0.1, 0.15) is 24.0 Å². The standard InChI is InChI=1S/C26H28N2O6S/c1-26(24(31)28-10-11-35-14-21(28)23(29)30)15-33-13-22(26)27-25(32)34-12-20-18-8-4-2-6-16(18)17-7-3-5-9-19(17)20/h2-9,20-22H,10-15H2,1H3,(H,27,32)(H,29,30). The van der Waals surface area contributed by atoms with Crippen LogP contribution in [0.5, 0.6) is 0 Å². The molecule has 2 aliphatic heterocycles. The summed E-state index contributed by atoms with van der Waals surface area (Å²) in [4.78, 5) is 39.4. The van der Waals surface area contributed by atoms with E-state index in [1.54, 1.807) is 6.92 Å². The number of aliphatic carboxylic acids is 1. The average molecular weight is 497 g/mol. The zero-order valence-electron chi connectivity index (χ0n) is 19.4. The van der Waals surface area contributed by atoms with Gasteiger partial charge in [0, 0.05) is 24.0 Å². The number of amides is 2. The fraction of sp³-hybridized carbons (Fsp3) is 0.423. The number of carboxylic acid groups (broad SMARTS) is 1. The number of carbonyl (C=O) groups excluding carboxylic acids is 2. The Morgan fingerprint density at radius 2 is 1.80 bits per heavy atom. The summed E-state index contributed by atoms with van der Waals surface area (Å²) in [5.41, 5.74) is 3.46. The van der Waals surface area contributed by atoms with Crippen LogP contribution in [0, 0.1) is 5.41 Å². The van der Waals surface area contributed by atoms with Crippen molar-refractivity contribution in [2.75, 3.05) is 37.9 Å². The van der Waals surface area contributed by atoms with Crippen LogP contribution in [0.15, 0.2) is 48.5 Å². The first-order valence-electron chi connectivity index (χ1n) is 11.7. The van der Waals surface area contributed by atoms with Crippen molar-refractivity contribution < 1.29 is 29.0 Å². The van der Waals surface area contributed by atoms with Crippen molar-refractivity contribution in [2.45, 2.75) is 24.9 Å². The van der Waals surface area contributed by atoms with Crippen LogP contribution in [0.3, 0.4) is 0 Å². The molecule has 0 bridgehead atoms. The number of alkyl carbamates (subject to hydrolysis) is 1. The summed E-state index contributed by atoms with van der Waals surface area (Å²) in [5.74, 6) is -0.372. The second-order valence-corrected chi connectivity index (χ2v) is 10.5. The van der Waals surface area contributed by atoms with Crippen molar-refractivity contribution >= 4 is 29.7 Å². The third-order valence-corrected chi connectivity index (χ3v) is 8.28. The number of benzene rings is 2. The molecule has 8 nitrogen and oxygen atoms in total. The van der Waals surface area contributed by atoms with Crippen molar-refractivity contribution in [2.24, 2.45) is 5.41 Å². The molecule has 3 atom stereocenters. The Bertz CT molecular complexity index is 1110. The normalized spacial score (nSPS) is 25.6. The van der Waals surface area contributed by atoms with Crippen LogP contribution in [-0.4, -0.2) is 77.9 Å². The smallest absolute Gasteiger partial charge is 0.407 e. The fourth-order valence-electron chi connectivity index (χ4n) is 5.25. The fourth-order valence-corrected chi connectivity index (χ4v) is 6.29.